The number of benzene rings is 1. The predicted molar refractivity (Wildman–Crippen MR) is 110 cm³/mol. The zero-order chi connectivity index (χ0) is 19.1. The fraction of sp³-hybridized carbons (Fsp3) is 0.455. The minimum absolute atomic E-state index is 0.611. The molecule has 0 radical (unpaired) electrons. The Morgan fingerprint density at radius 1 is 1.19 bits per heavy atom. The molecule has 0 fully saturated rings. The second-order valence-electron chi connectivity index (χ2n) is 7.84. The topological polar surface area (TPSA) is 38.9 Å². The van der Waals surface area contributed by atoms with Gasteiger partial charge in [-0.25, -0.2) is 4.98 Å². The lowest BCUT2D eigenvalue weighted by molar-refractivity contribution is 0.598. The van der Waals surface area contributed by atoms with Crippen molar-refractivity contribution in [3.63, 3.8) is 0 Å². The van der Waals surface area contributed by atoms with E-state index in [2.05, 4.69) is 65.6 Å². The van der Waals surface area contributed by atoms with Gasteiger partial charge < -0.3 is 9.47 Å². The molecule has 0 bridgehead atoms. The van der Waals surface area contributed by atoms with E-state index in [1.807, 2.05) is 24.3 Å². The van der Waals surface area contributed by atoms with Crippen LogP contribution in [-0.4, -0.2) is 32.4 Å². The zero-order valence-corrected chi connectivity index (χ0v) is 17.0. The molecule has 3 aromatic rings. The SMILES string of the molecule is Cc1nn(C)c(C)c1CCn1cncc1-c1ccc2c(c1)CC[C@@H](C)N2C. The van der Waals surface area contributed by atoms with Gasteiger partial charge in [0.15, 0.2) is 0 Å². The average Bonchev–Trinajstić information content (AvgIpc) is 3.21. The maximum absolute atomic E-state index is 4.54. The molecule has 5 heteroatoms. The van der Waals surface area contributed by atoms with E-state index in [0.29, 0.717) is 6.04 Å². The Balaban J connectivity index is 1.59. The van der Waals surface area contributed by atoms with E-state index in [0.717, 1.165) is 25.1 Å². The number of nitrogens with zero attached hydrogens (tertiary/aromatic N) is 5. The van der Waals surface area contributed by atoms with Crippen molar-refractivity contribution in [2.75, 3.05) is 11.9 Å². The maximum atomic E-state index is 4.54. The highest BCUT2D eigenvalue weighted by Gasteiger charge is 2.20. The van der Waals surface area contributed by atoms with Gasteiger partial charge in [0, 0.05) is 43.6 Å². The summed E-state index contributed by atoms with van der Waals surface area (Å²) >= 11 is 0. The smallest absolute Gasteiger partial charge is 0.0951 e. The summed E-state index contributed by atoms with van der Waals surface area (Å²) in [7, 11) is 4.21. The number of aryl methyl sites for hydroxylation is 4. The van der Waals surface area contributed by atoms with E-state index >= 15 is 0 Å². The van der Waals surface area contributed by atoms with Gasteiger partial charge in [0.1, 0.15) is 0 Å². The summed E-state index contributed by atoms with van der Waals surface area (Å²) in [4.78, 5) is 6.83. The third kappa shape index (κ3) is 3.15. The largest absolute Gasteiger partial charge is 0.372 e. The monoisotopic (exact) mass is 363 g/mol. The number of hydrogen-bond acceptors (Lipinski definition) is 3. The summed E-state index contributed by atoms with van der Waals surface area (Å²) in [6.45, 7) is 7.45. The van der Waals surface area contributed by atoms with Crippen LogP contribution < -0.4 is 4.90 Å². The molecule has 2 aromatic heterocycles. The Hall–Kier alpha value is -2.56. The van der Waals surface area contributed by atoms with Crippen LogP contribution in [0, 0.1) is 13.8 Å². The second kappa shape index (κ2) is 6.87. The first-order valence-electron chi connectivity index (χ1n) is 9.81. The van der Waals surface area contributed by atoms with E-state index in [1.54, 1.807) is 0 Å². The van der Waals surface area contributed by atoms with Gasteiger partial charge in [-0.05, 0) is 63.3 Å². The first kappa shape index (κ1) is 17.8. The van der Waals surface area contributed by atoms with Crippen LogP contribution in [0.4, 0.5) is 5.69 Å². The molecule has 1 aliphatic heterocycles. The fourth-order valence-electron chi connectivity index (χ4n) is 4.24. The van der Waals surface area contributed by atoms with Crippen LogP contribution in [0.5, 0.6) is 0 Å². The maximum Gasteiger partial charge on any atom is 0.0951 e. The van der Waals surface area contributed by atoms with Crippen LogP contribution in [0.2, 0.25) is 0 Å². The van der Waals surface area contributed by atoms with Crippen molar-refractivity contribution in [3.05, 3.63) is 53.2 Å². The summed E-state index contributed by atoms with van der Waals surface area (Å²) in [5.41, 5.74) is 8.98. The molecule has 0 unspecified atom stereocenters. The summed E-state index contributed by atoms with van der Waals surface area (Å²) in [6, 6.07) is 7.47. The minimum atomic E-state index is 0.611. The molecule has 3 heterocycles. The van der Waals surface area contributed by atoms with Gasteiger partial charge in [-0.3, -0.25) is 4.68 Å². The third-order valence-corrected chi connectivity index (χ3v) is 6.22. The van der Waals surface area contributed by atoms with E-state index in [4.69, 9.17) is 0 Å². The molecular weight excluding hydrogens is 334 g/mol. The second-order valence-corrected chi connectivity index (χ2v) is 7.84. The molecule has 0 spiro atoms. The zero-order valence-electron chi connectivity index (χ0n) is 17.0. The minimum Gasteiger partial charge on any atom is -0.372 e. The molecule has 1 aromatic carbocycles. The molecule has 0 amide bonds. The number of rotatable bonds is 4. The van der Waals surface area contributed by atoms with Crippen molar-refractivity contribution in [2.24, 2.45) is 7.05 Å². The van der Waals surface area contributed by atoms with Gasteiger partial charge >= 0.3 is 0 Å². The van der Waals surface area contributed by atoms with E-state index in [9.17, 15) is 0 Å². The van der Waals surface area contributed by atoms with Crippen molar-refractivity contribution in [1.29, 1.82) is 0 Å². The van der Waals surface area contributed by atoms with Crippen LogP contribution in [0.25, 0.3) is 11.3 Å². The Morgan fingerprint density at radius 3 is 2.74 bits per heavy atom. The molecule has 1 atom stereocenters. The van der Waals surface area contributed by atoms with Crippen molar-refractivity contribution >= 4 is 5.69 Å². The summed E-state index contributed by atoms with van der Waals surface area (Å²) in [5, 5.41) is 4.54. The lowest BCUT2D eigenvalue weighted by atomic mass is 9.95. The molecule has 0 saturated carbocycles. The molecule has 5 nitrogen and oxygen atoms in total. The lowest BCUT2D eigenvalue weighted by Crippen LogP contribution is -2.33. The van der Waals surface area contributed by atoms with Crippen LogP contribution in [0.3, 0.4) is 0 Å². The Labute approximate surface area is 161 Å². The van der Waals surface area contributed by atoms with Crippen molar-refractivity contribution in [1.82, 2.24) is 19.3 Å². The number of anilines is 1. The van der Waals surface area contributed by atoms with Crippen LogP contribution >= 0.6 is 0 Å². The first-order chi connectivity index (χ1) is 13.0. The quantitative estimate of drug-likeness (QED) is 0.705. The van der Waals surface area contributed by atoms with E-state index < -0.39 is 0 Å². The van der Waals surface area contributed by atoms with Gasteiger partial charge in [-0.2, -0.15) is 5.10 Å². The Morgan fingerprint density at radius 2 is 2.00 bits per heavy atom. The van der Waals surface area contributed by atoms with Crippen molar-refractivity contribution in [3.8, 4) is 11.3 Å². The molecule has 0 saturated heterocycles. The number of imidazole rings is 1. The van der Waals surface area contributed by atoms with Crippen LogP contribution in [0.1, 0.15) is 35.9 Å². The van der Waals surface area contributed by atoms with Crippen molar-refractivity contribution in [2.45, 2.75) is 52.6 Å². The van der Waals surface area contributed by atoms with E-state index in [-0.39, 0.29) is 0 Å². The first-order valence-corrected chi connectivity index (χ1v) is 9.81. The Kier molecular flexibility index (Phi) is 4.54. The summed E-state index contributed by atoms with van der Waals surface area (Å²) in [6.07, 6.45) is 7.27. The summed E-state index contributed by atoms with van der Waals surface area (Å²) in [5.74, 6) is 0. The lowest BCUT2D eigenvalue weighted by Gasteiger charge is -2.34. The van der Waals surface area contributed by atoms with Gasteiger partial charge in [0.2, 0.25) is 0 Å². The number of hydrogen-bond donors (Lipinski definition) is 0. The average molecular weight is 364 g/mol. The van der Waals surface area contributed by atoms with Gasteiger partial charge in [-0.1, -0.05) is 6.07 Å². The number of fused-ring (bicyclic) bond motifs is 1. The standard InChI is InChI=1S/C22H29N5/c1-15-6-7-18-12-19(8-9-21(18)25(15)4)22-13-23-14-27(22)11-10-20-16(2)24-26(5)17(20)3/h8-9,12-15H,6-7,10-11H2,1-5H3/t15-/m1/s1. The van der Waals surface area contributed by atoms with Gasteiger partial charge in [0.05, 0.1) is 23.9 Å². The molecule has 4 rings (SSSR count). The molecule has 0 N–H and O–H groups in total. The molecule has 142 valence electrons. The van der Waals surface area contributed by atoms with Gasteiger partial charge in [-0.15, -0.1) is 0 Å². The number of aromatic nitrogens is 4. The highest BCUT2D eigenvalue weighted by atomic mass is 15.3. The molecular formula is C22H29N5. The summed E-state index contributed by atoms with van der Waals surface area (Å²) < 4.78 is 4.24. The molecule has 0 aliphatic carbocycles. The molecule has 1 aliphatic rings. The highest BCUT2D eigenvalue weighted by molar-refractivity contribution is 5.67. The van der Waals surface area contributed by atoms with Gasteiger partial charge in [0.25, 0.3) is 0 Å². The highest BCUT2D eigenvalue weighted by Crippen LogP contribution is 2.33. The van der Waals surface area contributed by atoms with Crippen LogP contribution in [0.15, 0.2) is 30.7 Å². The fourth-order valence-corrected chi connectivity index (χ4v) is 4.24. The third-order valence-electron chi connectivity index (χ3n) is 6.22. The normalized spacial score (nSPS) is 16.6. The van der Waals surface area contributed by atoms with E-state index in [1.165, 1.54) is 40.2 Å². The van der Waals surface area contributed by atoms with Crippen molar-refractivity contribution < 1.29 is 0 Å². The predicted octanol–water partition coefficient (Wildman–Crippen LogP) is 3.91. The van der Waals surface area contributed by atoms with Crippen LogP contribution in [-0.2, 0) is 26.4 Å². The molecule has 27 heavy (non-hydrogen) atoms. The Bertz CT molecular complexity index is 965.